The van der Waals surface area contributed by atoms with Crippen LogP contribution in [0.1, 0.15) is 38.5 Å². The maximum absolute atomic E-state index is 10.4. The normalized spacial score (nSPS) is 22.3. The molecule has 0 aromatic rings. The van der Waals surface area contributed by atoms with Gasteiger partial charge < -0.3 is 15.9 Å². The van der Waals surface area contributed by atoms with E-state index in [0.29, 0.717) is 5.92 Å². The molecule has 87 valence electrons. The second kappa shape index (κ2) is 6.08. The summed E-state index contributed by atoms with van der Waals surface area (Å²) in [7, 11) is 0. The van der Waals surface area contributed by atoms with E-state index in [9.17, 15) is 9.90 Å². The van der Waals surface area contributed by atoms with Gasteiger partial charge in [-0.1, -0.05) is 12.8 Å². The van der Waals surface area contributed by atoms with Crippen LogP contribution in [0.3, 0.4) is 0 Å². The number of carboxylic acid groups (broad SMARTS) is 1. The van der Waals surface area contributed by atoms with Crippen LogP contribution in [-0.4, -0.2) is 28.3 Å². The zero-order valence-electron chi connectivity index (χ0n) is 8.93. The van der Waals surface area contributed by atoms with Gasteiger partial charge in [0.25, 0.3) is 0 Å². The number of aliphatic hydroxyl groups excluding tert-OH is 1. The first-order chi connectivity index (χ1) is 7.09. The molecule has 4 N–H and O–H groups in total. The molecule has 0 spiro atoms. The standard InChI is InChI=1S/C11H20NO3/c12-9(10(13)7-11(14)15)6-8-4-2-1-3-5-8/h1,8-10,13H,2-7,12H2,(H,14,15). The number of aliphatic carboxylic acids is 1. The Bertz CT molecular complexity index is 202. The van der Waals surface area contributed by atoms with Gasteiger partial charge in [-0.2, -0.15) is 0 Å². The largest absolute Gasteiger partial charge is 0.481 e. The van der Waals surface area contributed by atoms with Gasteiger partial charge in [0, 0.05) is 6.04 Å². The Kier molecular flexibility index (Phi) is 5.05. The van der Waals surface area contributed by atoms with Crippen molar-refractivity contribution >= 4 is 5.97 Å². The molecule has 0 aliphatic heterocycles. The van der Waals surface area contributed by atoms with Crippen molar-refractivity contribution in [1.82, 2.24) is 0 Å². The lowest BCUT2D eigenvalue weighted by Gasteiger charge is -2.26. The molecular weight excluding hydrogens is 194 g/mol. The van der Waals surface area contributed by atoms with Crippen LogP contribution in [0.5, 0.6) is 0 Å². The minimum atomic E-state index is -0.991. The fourth-order valence-corrected chi connectivity index (χ4v) is 2.10. The Morgan fingerprint density at radius 1 is 1.47 bits per heavy atom. The number of hydrogen-bond donors (Lipinski definition) is 3. The number of carboxylic acids is 1. The maximum Gasteiger partial charge on any atom is 0.306 e. The van der Waals surface area contributed by atoms with Gasteiger partial charge in [0.05, 0.1) is 12.5 Å². The van der Waals surface area contributed by atoms with Gasteiger partial charge >= 0.3 is 5.97 Å². The molecule has 1 aliphatic carbocycles. The highest BCUT2D eigenvalue weighted by atomic mass is 16.4. The fraction of sp³-hybridized carbons (Fsp3) is 0.818. The summed E-state index contributed by atoms with van der Waals surface area (Å²) in [5, 5.41) is 18.0. The smallest absolute Gasteiger partial charge is 0.306 e. The van der Waals surface area contributed by atoms with Crippen molar-refractivity contribution in [2.24, 2.45) is 11.7 Å². The highest BCUT2D eigenvalue weighted by Crippen LogP contribution is 2.27. The molecule has 2 unspecified atom stereocenters. The van der Waals surface area contributed by atoms with Gasteiger partial charge in [0.15, 0.2) is 0 Å². The zero-order valence-corrected chi connectivity index (χ0v) is 8.93. The second-order valence-corrected chi connectivity index (χ2v) is 4.37. The van der Waals surface area contributed by atoms with Gasteiger partial charge in [0.2, 0.25) is 0 Å². The van der Waals surface area contributed by atoms with E-state index in [-0.39, 0.29) is 6.42 Å². The molecule has 1 radical (unpaired) electrons. The average Bonchev–Trinajstić information content (AvgIpc) is 2.18. The summed E-state index contributed by atoms with van der Waals surface area (Å²) in [5.41, 5.74) is 5.77. The molecule has 0 saturated heterocycles. The van der Waals surface area contributed by atoms with E-state index in [4.69, 9.17) is 10.8 Å². The van der Waals surface area contributed by atoms with Gasteiger partial charge in [-0.15, -0.1) is 0 Å². The summed E-state index contributed by atoms with van der Waals surface area (Å²) in [6.45, 7) is 0. The molecule has 1 rings (SSSR count). The molecule has 4 heteroatoms. The lowest BCUT2D eigenvalue weighted by Crippen LogP contribution is -2.38. The third-order valence-corrected chi connectivity index (χ3v) is 3.04. The topological polar surface area (TPSA) is 83.5 Å². The van der Waals surface area contributed by atoms with Crippen LogP contribution in [0.2, 0.25) is 0 Å². The van der Waals surface area contributed by atoms with Crippen molar-refractivity contribution in [1.29, 1.82) is 0 Å². The Morgan fingerprint density at radius 2 is 2.07 bits per heavy atom. The average molecular weight is 214 g/mol. The number of nitrogens with two attached hydrogens (primary N) is 1. The van der Waals surface area contributed by atoms with E-state index in [2.05, 4.69) is 6.42 Å². The summed E-state index contributed by atoms with van der Waals surface area (Å²) in [6, 6.07) is -0.399. The predicted octanol–water partition coefficient (Wildman–Crippen LogP) is 0.934. The SMILES string of the molecule is NC(CC1CC[CH]CC1)C(O)CC(=O)O. The van der Waals surface area contributed by atoms with Crippen LogP contribution < -0.4 is 5.73 Å². The third-order valence-electron chi connectivity index (χ3n) is 3.04. The number of carbonyl (C=O) groups is 1. The molecule has 2 atom stereocenters. The van der Waals surface area contributed by atoms with Gasteiger partial charge in [-0.25, -0.2) is 0 Å². The van der Waals surface area contributed by atoms with Crippen LogP contribution >= 0.6 is 0 Å². The molecule has 1 aliphatic rings. The predicted molar refractivity (Wildman–Crippen MR) is 57.1 cm³/mol. The zero-order chi connectivity index (χ0) is 11.3. The Labute approximate surface area is 90.5 Å². The molecule has 1 saturated carbocycles. The van der Waals surface area contributed by atoms with Gasteiger partial charge in [-0.3, -0.25) is 4.79 Å². The van der Waals surface area contributed by atoms with E-state index in [1.807, 2.05) is 0 Å². The minimum Gasteiger partial charge on any atom is -0.481 e. The Balaban J connectivity index is 2.26. The number of hydrogen-bond acceptors (Lipinski definition) is 3. The van der Waals surface area contributed by atoms with E-state index >= 15 is 0 Å². The van der Waals surface area contributed by atoms with E-state index in [0.717, 1.165) is 32.1 Å². The van der Waals surface area contributed by atoms with Crippen molar-refractivity contribution in [2.75, 3.05) is 0 Å². The summed E-state index contributed by atoms with van der Waals surface area (Å²) >= 11 is 0. The van der Waals surface area contributed by atoms with Crippen LogP contribution in [0.15, 0.2) is 0 Å². The quantitative estimate of drug-likeness (QED) is 0.635. The molecule has 0 aromatic carbocycles. The summed E-state index contributed by atoms with van der Waals surface area (Å²) < 4.78 is 0. The molecule has 0 bridgehead atoms. The molecule has 4 nitrogen and oxygen atoms in total. The number of aliphatic hydroxyl groups is 1. The molecule has 15 heavy (non-hydrogen) atoms. The number of rotatable bonds is 5. The first-order valence-corrected chi connectivity index (χ1v) is 5.56. The van der Waals surface area contributed by atoms with Gasteiger partial charge in [0.1, 0.15) is 0 Å². The lowest BCUT2D eigenvalue weighted by atomic mass is 9.83. The van der Waals surface area contributed by atoms with E-state index < -0.39 is 18.1 Å². The first kappa shape index (κ1) is 12.5. The third kappa shape index (κ3) is 4.62. The van der Waals surface area contributed by atoms with Crippen molar-refractivity contribution < 1.29 is 15.0 Å². The molecule has 1 fully saturated rings. The van der Waals surface area contributed by atoms with E-state index in [1.54, 1.807) is 0 Å². The minimum absolute atomic E-state index is 0.250. The van der Waals surface area contributed by atoms with Crippen molar-refractivity contribution in [3.8, 4) is 0 Å². The molecular formula is C11H20NO3. The highest BCUT2D eigenvalue weighted by Gasteiger charge is 2.23. The lowest BCUT2D eigenvalue weighted by molar-refractivity contribution is -0.139. The van der Waals surface area contributed by atoms with Crippen molar-refractivity contribution in [2.45, 2.75) is 50.7 Å². The van der Waals surface area contributed by atoms with Crippen molar-refractivity contribution in [3.05, 3.63) is 6.42 Å². The monoisotopic (exact) mass is 214 g/mol. The maximum atomic E-state index is 10.4. The van der Waals surface area contributed by atoms with Crippen LogP contribution in [0.25, 0.3) is 0 Å². The Hall–Kier alpha value is -0.610. The van der Waals surface area contributed by atoms with Crippen LogP contribution in [0, 0.1) is 12.3 Å². The Morgan fingerprint density at radius 3 is 2.60 bits per heavy atom. The highest BCUT2D eigenvalue weighted by molar-refractivity contribution is 5.67. The fourth-order valence-electron chi connectivity index (χ4n) is 2.10. The summed E-state index contributed by atoms with van der Waals surface area (Å²) in [4.78, 5) is 10.4. The molecule has 0 amide bonds. The summed E-state index contributed by atoms with van der Waals surface area (Å²) in [5.74, 6) is -0.441. The summed E-state index contributed by atoms with van der Waals surface area (Å²) in [6.07, 6.45) is 6.33. The molecule has 0 aromatic heterocycles. The van der Waals surface area contributed by atoms with Crippen LogP contribution in [-0.2, 0) is 4.79 Å². The molecule has 0 heterocycles. The second-order valence-electron chi connectivity index (χ2n) is 4.37. The van der Waals surface area contributed by atoms with Gasteiger partial charge in [-0.05, 0) is 31.6 Å². The van der Waals surface area contributed by atoms with Crippen LogP contribution in [0.4, 0.5) is 0 Å². The van der Waals surface area contributed by atoms with E-state index in [1.165, 1.54) is 0 Å². The first-order valence-electron chi connectivity index (χ1n) is 5.56. The van der Waals surface area contributed by atoms with Crippen molar-refractivity contribution in [3.63, 3.8) is 0 Å².